The molecule has 1 aliphatic heterocycles. The van der Waals surface area contributed by atoms with Crippen molar-refractivity contribution < 1.29 is 25.2 Å². The van der Waals surface area contributed by atoms with E-state index in [4.69, 9.17) is 15.3 Å². The monoisotopic (exact) mass is 163 g/mol. The summed E-state index contributed by atoms with van der Waals surface area (Å²) >= 11 is 0. The molecular formula is C6H11O5. The van der Waals surface area contributed by atoms with Crippen LogP contribution in [0.3, 0.4) is 0 Å². The van der Waals surface area contributed by atoms with E-state index in [-0.39, 0.29) is 0 Å². The van der Waals surface area contributed by atoms with Crippen LogP contribution in [0.4, 0.5) is 0 Å². The van der Waals surface area contributed by atoms with Gasteiger partial charge in [0.05, 0.1) is 6.10 Å². The van der Waals surface area contributed by atoms with Crippen molar-refractivity contribution in [2.24, 2.45) is 0 Å². The van der Waals surface area contributed by atoms with Crippen molar-refractivity contribution in [2.75, 3.05) is 0 Å². The molecule has 11 heavy (non-hydrogen) atoms. The second-order valence-corrected chi connectivity index (χ2v) is 2.68. The summed E-state index contributed by atoms with van der Waals surface area (Å²) in [6.45, 7) is 1.46. The lowest BCUT2D eigenvalue weighted by molar-refractivity contribution is -0.295. The standard InChI is InChI=1S/C6H11O5/c1-2-3(7)4(8)5(9)6(10)11-2/h2-9H,1H3/t2-,3-,4+,5-,6?/m1/s1. The van der Waals surface area contributed by atoms with E-state index in [1.165, 1.54) is 6.92 Å². The lowest BCUT2D eigenvalue weighted by Gasteiger charge is -2.35. The van der Waals surface area contributed by atoms with Gasteiger partial charge in [-0.05, 0) is 6.92 Å². The zero-order chi connectivity index (χ0) is 8.59. The third-order valence-electron chi connectivity index (χ3n) is 1.81. The lowest BCUT2D eigenvalue weighted by Crippen LogP contribution is -2.56. The van der Waals surface area contributed by atoms with Gasteiger partial charge in [0.2, 0.25) is 6.29 Å². The van der Waals surface area contributed by atoms with Gasteiger partial charge < -0.3 is 20.1 Å². The van der Waals surface area contributed by atoms with Crippen LogP contribution in [-0.2, 0) is 9.84 Å². The van der Waals surface area contributed by atoms with Crippen LogP contribution in [-0.4, -0.2) is 46.0 Å². The molecule has 0 aliphatic carbocycles. The highest BCUT2D eigenvalue weighted by Gasteiger charge is 2.41. The minimum Gasteiger partial charge on any atom is -0.388 e. The smallest absolute Gasteiger partial charge is 0.220 e. The summed E-state index contributed by atoms with van der Waals surface area (Å²) in [6.07, 6.45) is -6.52. The van der Waals surface area contributed by atoms with Crippen LogP contribution in [0.1, 0.15) is 6.92 Å². The van der Waals surface area contributed by atoms with Crippen LogP contribution in [0.25, 0.3) is 0 Å². The Labute approximate surface area is 63.8 Å². The van der Waals surface area contributed by atoms with E-state index >= 15 is 0 Å². The van der Waals surface area contributed by atoms with Crippen molar-refractivity contribution >= 4 is 0 Å². The maximum absolute atomic E-state index is 10.7. The Kier molecular flexibility index (Phi) is 2.46. The summed E-state index contributed by atoms with van der Waals surface area (Å²) in [5.41, 5.74) is 0. The predicted octanol–water partition coefficient (Wildman–Crippen LogP) is -1.76. The van der Waals surface area contributed by atoms with Crippen molar-refractivity contribution in [3.05, 3.63) is 0 Å². The van der Waals surface area contributed by atoms with Gasteiger partial charge >= 0.3 is 0 Å². The van der Waals surface area contributed by atoms with Crippen LogP contribution in [0.2, 0.25) is 0 Å². The van der Waals surface area contributed by atoms with E-state index in [0.717, 1.165) is 0 Å². The number of rotatable bonds is 0. The normalized spacial score (nSPS) is 52.6. The average molecular weight is 163 g/mol. The molecule has 0 aromatic heterocycles. The molecule has 3 N–H and O–H groups in total. The van der Waals surface area contributed by atoms with Gasteiger partial charge in [-0.3, -0.25) is 0 Å². The van der Waals surface area contributed by atoms with Gasteiger partial charge in [-0.2, -0.15) is 5.11 Å². The summed E-state index contributed by atoms with van der Waals surface area (Å²) in [5.74, 6) is 0. The molecule has 0 saturated carbocycles. The fraction of sp³-hybridized carbons (Fsp3) is 1.00. The number of hydrogen-bond donors (Lipinski definition) is 3. The van der Waals surface area contributed by atoms with Crippen LogP contribution in [0.15, 0.2) is 0 Å². The van der Waals surface area contributed by atoms with Crippen LogP contribution >= 0.6 is 0 Å². The summed E-state index contributed by atoms with van der Waals surface area (Å²) in [5, 5.41) is 37.7. The number of ether oxygens (including phenoxy) is 1. The van der Waals surface area contributed by atoms with E-state index in [1.807, 2.05) is 0 Å². The van der Waals surface area contributed by atoms with Crippen LogP contribution < -0.4 is 0 Å². The van der Waals surface area contributed by atoms with Crippen molar-refractivity contribution in [3.8, 4) is 0 Å². The first-order valence-electron chi connectivity index (χ1n) is 3.39. The lowest BCUT2D eigenvalue weighted by atomic mass is 10.0. The first-order chi connectivity index (χ1) is 5.04. The van der Waals surface area contributed by atoms with E-state index < -0.39 is 30.7 Å². The molecule has 1 saturated heterocycles. The second kappa shape index (κ2) is 3.04. The summed E-state index contributed by atoms with van der Waals surface area (Å²) in [4.78, 5) is 0. The Hall–Kier alpha value is -0.200. The highest BCUT2D eigenvalue weighted by molar-refractivity contribution is 4.85. The second-order valence-electron chi connectivity index (χ2n) is 2.68. The van der Waals surface area contributed by atoms with Crippen LogP contribution in [0, 0.1) is 0 Å². The van der Waals surface area contributed by atoms with E-state index in [9.17, 15) is 5.11 Å². The zero-order valence-electron chi connectivity index (χ0n) is 6.04. The summed E-state index contributed by atoms with van der Waals surface area (Å²) in [6, 6.07) is 0. The Morgan fingerprint density at radius 1 is 1.09 bits per heavy atom. The molecule has 0 amide bonds. The fourth-order valence-corrected chi connectivity index (χ4v) is 1.01. The Morgan fingerprint density at radius 3 is 2.18 bits per heavy atom. The van der Waals surface area contributed by atoms with Crippen molar-refractivity contribution in [1.82, 2.24) is 0 Å². The molecule has 1 fully saturated rings. The van der Waals surface area contributed by atoms with Gasteiger partial charge in [-0.25, -0.2) is 0 Å². The zero-order valence-corrected chi connectivity index (χ0v) is 6.04. The number of hydrogen-bond acceptors (Lipinski definition) is 4. The molecule has 5 atom stereocenters. The van der Waals surface area contributed by atoms with Gasteiger partial charge in [-0.15, -0.1) is 0 Å². The highest BCUT2D eigenvalue weighted by atomic mass is 16.6. The quantitative estimate of drug-likeness (QED) is 0.395. The molecule has 1 unspecified atom stereocenters. The van der Waals surface area contributed by atoms with Gasteiger partial charge in [0.25, 0.3) is 0 Å². The minimum atomic E-state index is -1.66. The highest BCUT2D eigenvalue weighted by Crippen LogP contribution is 2.19. The van der Waals surface area contributed by atoms with Gasteiger partial charge in [0.1, 0.15) is 18.3 Å². The topological polar surface area (TPSA) is 89.8 Å². The minimum absolute atomic E-state index is 0.726. The maximum atomic E-state index is 10.7. The average Bonchev–Trinajstić information content (AvgIpc) is 1.97. The molecule has 0 aromatic carbocycles. The number of aliphatic hydroxyl groups excluding tert-OH is 3. The molecule has 1 heterocycles. The predicted molar refractivity (Wildman–Crippen MR) is 33.0 cm³/mol. The Bertz CT molecular complexity index is 125. The molecule has 5 nitrogen and oxygen atoms in total. The first-order valence-corrected chi connectivity index (χ1v) is 3.39. The number of aliphatic hydroxyl groups is 3. The molecule has 5 heteroatoms. The van der Waals surface area contributed by atoms with Gasteiger partial charge in [0, 0.05) is 0 Å². The molecule has 1 radical (unpaired) electrons. The van der Waals surface area contributed by atoms with Gasteiger partial charge in [-0.1, -0.05) is 0 Å². The largest absolute Gasteiger partial charge is 0.388 e. The molecule has 0 aromatic rings. The molecule has 1 rings (SSSR count). The Morgan fingerprint density at radius 2 is 1.64 bits per heavy atom. The van der Waals surface area contributed by atoms with Crippen molar-refractivity contribution in [3.63, 3.8) is 0 Å². The van der Waals surface area contributed by atoms with E-state index in [2.05, 4.69) is 4.74 Å². The van der Waals surface area contributed by atoms with Crippen LogP contribution in [0.5, 0.6) is 0 Å². The van der Waals surface area contributed by atoms with Gasteiger partial charge in [0.15, 0.2) is 0 Å². The van der Waals surface area contributed by atoms with Crippen molar-refractivity contribution in [2.45, 2.75) is 37.6 Å². The summed E-state index contributed by atoms with van der Waals surface area (Å²) in [7, 11) is 0. The molecule has 0 spiro atoms. The van der Waals surface area contributed by atoms with Crippen molar-refractivity contribution in [1.29, 1.82) is 0 Å². The molecular weight excluding hydrogens is 152 g/mol. The third kappa shape index (κ3) is 1.52. The molecule has 1 aliphatic rings. The first kappa shape index (κ1) is 8.89. The third-order valence-corrected chi connectivity index (χ3v) is 1.81. The molecule has 0 bridgehead atoms. The maximum Gasteiger partial charge on any atom is 0.220 e. The van der Waals surface area contributed by atoms with E-state index in [0.29, 0.717) is 0 Å². The van der Waals surface area contributed by atoms with E-state index in [1.54, 1.807) is 0 Å². The SMILES string of the molecule is C[C@H]1OC([O])[C@H](O)[C@@H](O)[C@@H]1O. The molecule has 65 valence electrons. The fourth-order valence-electron chi connectivity index (χ4n) is 1.01. The Balaban J connectivity index is 2.63. The summed E-state index contributed by atoms with van der Waals surface area (Å²) < 4.78 is 4.57.